The maximum atomic E-state index is 9.18. The van der Waals surface area contributed by atoms with Gasteiger partial charge in [0.05, 0.1) is 11.6 Å². The Labute approximate surface area is 159 Å². The lowest BCUT2D eigenvalue weighted by Gasteiger charge is -2.37. The van der Waals surface area contributed by atoms with Gasteiger partial charge in [-0.15, -0.1) is 0 Å². The minimum Gasteiger partial charge on any atom is -0.490 e. The van der Waals surface area contributed by atoms with Gasteiger partial charge in [0.1, 0.15) is 24.0 Å². The highest BCUT2D eigenvalue weighted by atomic mass is 16.5. The zero-order valence-electron chi connectivity index (χ0n) is 15.4. The number of hydrogen-bond donors (Lipinski definition) is 1. The number of nitrogens with two attached hydrogens (primary N) is 1. The largest absolute Gasteiger partial charge is 0.490 e. The van der Waals surface area contributed by atoms with E-state index in [1.807, 2.05) is 30.3 Å². The Kier molecular flexibility index (Phi) is 4.49. The Balaban J connectivity index is 1.76. The zero-order chi connectivity index (χ0) is 18.9. The summed E-state index contributed by atoms with van der Waals surface area (Å²) in [6.07, 6.45) is 4.13. The average molecular weight is 361 g/mol. The average Bonchev–Trinajstić information content (AvgIpc) is 3.07. The number of aliphatic imine (C=N–C) groups is 1. The molecule has 2 atom stereocenters. The van der Waals surface area contributed by atoms with Gasteiger partial charge < -0.3 is 15.2 Å². The smallest absolute Gasteiger partial charge is 0.283 e. The lowest BCUT2D eigenvalue weighted by Crippen LogP contribution is -2.38. The third-order valence-electron chi connectivity index (χ3n) is 5.33. The summed E-state index contributed by atoms with van der Waals surface area (Å²) in [7, 11) is 0. The molecule has 2 N–H and O–H groups in total. The van der Waals surface area contributed by atoms with Gasteiger partial charge in [0.25, 0.3) is 6.02 Å². The number of rotatable bonds is 4. The Morgan fingerprint density at radius 2 is 2.11 bits per heavy atom. The number of nitriles is 1. The number of ether oxygens (including phenoxy) is 2. The monoisotopic (exact) mass is 361 g/mol. The van der Waals surface area contributed by atoms with Crippen molar-refractivity contribution in [2.45, 2.75) is 44.2 Å². The van der Waals surface area contributed by atoms with Crippen molar-refractivity contribution in [3.8, 4) is 22.9 Å². The molecule has 27 heavy (non-hydrogen) atoms. The molecule has 2 aliphatic rings. The van der Waals surface area contributed by atoms with Gasteiger partial charge in [0, 0.05) is 12.0 Å². The van der Waals surface area contributed by atoms with Gasteiger partial charge in [0.15, 0.2) is 0 Å². The van der Waals surface area contributed by atoms with Crippen LogP contribution in [0.2, 0.25) is 0 Å². The maximum Gasteiger partial charge on any atom is 0.283 e. The summed E-state index contributed by atoms with van der Waals surface area (Å²) in [5.41, 5.74) is 9.07. The summed E-state index contributed by atoms with van der Waals surface area (Å²) < 4.78 is 11.8. The number of unbranched alkanes of at least 4 members (excludes halogenated alkanes) is 1. The van der Waals surface area contributed by atoms with Crippen LogP contribution < -0.4 is 10.5 Å². The third kappa shape index (κ3) is 3.23. The molecule has 1 spiro atoms. The van der Waals surface area contributed by atoms with Crippen molar-refractivity contribution in [2.24, 2.45) is 10.7 Å². The molecule has 0 amide bonds. The summed E-state index contributed by atoms with van der Waals surface area (Å²) in [6, 6.07) is 16.2. The van der Waals surface area contributed by atoms with Crippen LogP contribution in [0.25, 0.3) is 11.1 Å². The summed E-state index contributed by atoms with van der Waals surface area (Å²) in [5.74, 6) is 0.851. The van der Waals surface area contributed by atoms with Crippen molar-refractivity contribution in [1.82, 2.24) is 0 Å². The molecule has 2 aromatic rings. The minimum atomic E-state index is -0.487. The van der Waals surface area contributed by atoms with E-state index < -0.39 is 5.54 Å². The second kappa shape index (κ2) is 6.96. The van der Waals surface area contributed by atoms with Crippen LogP contribution in [-0.2, 0) is 10.3 Å². The Bertz CT molecular complexity index is 931. The van der Waals surface area contributed by atoms with Gasteiger partial charge in [0.2, 0.25) is 0 Å². The zero-order valence-corrected chi connectivity index (χ0v) is 15.4. The van der Waals surface area contributed by atoms with Crippen LogP contribution >= 0.6 is 0 Å². The molecule has 0 fully saturated rings. The first kappa shape index (κ1) is 17.4. The number of hydrogen-bond acceptors (Lipinski definition) is 5. The second-order valence-electron chi connectivity index (χ2n) is 7.26. The van der Waals surface area contributed by atoms with Crippen molar-refractivity contribution in [3.63, 3.8) is 0 Å². The third-order valence-corrected chi connectivity index (χ3v) is 5.33. The summed E-state index contributed by atoms with van der Waals surface area (Å²) >= 11 is 0. The molecule has 0 saturated carbocycles. The summed E-state index contributed by atoms with van der Waals surface area (Å²) in [6.45, 7) is 2.63. The van der Waals surface area contributed by atoms with E-state index in [1.54, 1.807) is 6.07 Å². The van der Waals surface area contributed by atoms with Crippen molar-refractivity contribution in [2.75, 3.05) is 6.61 Å². The molecule has 138 valence electrons. The molecule has 2 unspecified atom stereocenters. The van der Waals surface area contributed by atoms with E-state index in [-0.39, 0.29) is 12.1 Å². The molecule has 2 aliphatic heterocycles. The van der Waals surface area contributed by atoms with Gasteiger partial charge in [-0.2, -0.15) is 5.26 Å². The van der Waals surface area contributed by atoms with Gasteiger partial charge in [-0.05, 0) is 41.8 Å². The highest BCUT2D eigenvalue weighted by Gasteiger charge is 2.46. The highest BCUT2D eigenvalue weighted by Crippen LogP contribution is 2.46. The molecule has 2 heterocycles. The van der Waals surface area contributed by atoms with Crippen LogP contribution in [0.4, 0.5) is 0 Å². The van der Waals surface area contributed by atoms with E-state index in [0.717, 1.165) is 48.1 Å². The molecule has 4 rings (SSSR count). The molecule has 0 bridgehead atoms. The lowest BCUT2D eigenvalue weighted by molar-refractivity contribution is 0.0988. The normalized spacial score (nSPS) is 23.1. The van der Waals surface area contributed by atoms with Crippen LogP contribution in [-0.4, -0.2) is 18.7 Å². The molecule has 5 heteroatoms. The molecular weight excluding hydrogens is 338 g/mol. The van der Waals surface area contributed by atoms with Crippen molar-refractivity contribution >= 4 is 6.02 Å². The van der Waals surface area contributed by atoms with E-state index in [9.17, 15) is 5.26 Å². The van der Waals surface area contributed by atoms with E-state index >= 15 is 0 Å². The van der Waals surface area contributed by atoms with Crippen molar-refractivity contribution < 1.29 is 9.47 Å². The Hall–Kier alpha value is -3.00. The van der Waals surface area contributed by atoms with E-state index in [4.69, 9.17) is 15.2 Å². The van der Waals surface area contributed by atoms with Crippen LogP contribution in [0.5, 0.6) is 5.75 Å². The first-order valence-electron chi connectivity index (χ1n) is 9.43. The molecule has 2 aromatic carbocycles. The fourth-order valence-corrected chi connectivity index (χ4v) is 3.96. The molecule has 0 saturated heterocycles. The first-order chi connectivity index (χ1) is 13.1. The Morgan fingerprint density at radius 1 is 1.26 bits per heavy atom. The van der Waals surface area contributed by atoms with E-state index in [1.165, 1.54) is 0 Å². The van der Waals surface area contributed by atoms with Gasteiger partial charge >= 0.3 is 0 Å². The minimum absolute atomic E-state index is 0.114. The van der Waals surface area contributed by atoms with Crippen LogP contribution in [0.3, 0.4) is 0 Å². The molecule has 0 radical (unpaired) electrons. The fraction of sp³-hybridized carbons (Fsp3) is 0.364. The SMILES string of the molecule is CCCCC1CC2(COC(N)=N2)c2cc(-c3cccc(C#N)c3)ccc2O1. The van der Waals surface area contributed by atoms with Crippen LogP contribution in [0.15, 0.2) is 47.5 Å². The topological polar surface area (TPSA) is 80.6 Å². The number of benzene rings is 2. The molecule has 0 aliphatic carbocycles. The molecule has 5 nitrogen and oxygen atoms in total. The standard InChI is InChI=1S/C22H23N3O2/c1-2-3-7-18-12-22(14-26-21(24)25-22)19-11-17(8-9-20(19)27-18)16-6-4-5-15(10-16)13-23/h4-6,8-11,18H,2-3,7,12,14H2,1H3,(H2,24,25). The van der Waals surface area contributed by atoms with Gasteiger partial charge in [-0.1, -0.05) is 38.0 Å². The first-order valence-corrected chi connectivity index (χ1v) is 9.43. The van der Waals surface area contributed by atoms with Crippen molar-refractivity contribution in [3.05, 3.63) is 53.6 Å². The van der Waals surface area contributed by atoms with Crippen LogP contribution in [0, 0.1) is 11.3 Å². The van der Waals surface area contributed by atoms with E-state index in [2.05, 4.69) is 24.1 Å². The quantitative estimate of drug-likeness (QED) is 0.889. The maximum absolute atomic E-state index is 9.18. The van der Waals surface area contributed by atoms with E-state index in [0.29, 0.717) is 12.2 Å². The summed E-state index contributed by atoms with van der Waals surface area (Å²) in [5, 5.41) is 9.18. The predicted octanol–water partition coefficient (Wildman–Crippen LogP) is 4.11. The number of amidine groups is 1. The molecular formula is C22H23N3O2. The van der Waals surface area contributed by atoms with Crippen molar-refractivity contribution in [1.29, 1.82) is 5.26 Å². The van der Waals surface area contributed by atoms with Crippen LogP contribution in [0.1, 0.15) is 43.7 Å². The number of fused-ring (bicyclic) bond motifs is 2. The van der Waals surface area contributed by atoms with Gasteiger partial charge in [-0.25, -0.2) is 4.99 Å². The highest BCUT2D eigenvalue weighted by molar-refractivity contribution is 5.75. The summed E-state index contributed by atoms with van der Waals surface area (Å²) in [4.78, 5) is 4.69. The second-order valence-corrected chi connectivity index (χ2v) is 7.26. The fourth-order valence-electron chi connectivity index (χ4n) is 3.96. The number of nitrogens with zero attached hydrogens (tertiary/aromatic N) is 2. The predicted molar refractivity (Wildman–Crippen MR) is 104 cm³/mol. The Morgan fingerprint density at radius 3 is 2.85 bits per heavy atom. The lowest BCUT2D eigenvalue weighted by atomic mass is 9.81. The van der Waals surface area contributed by atoms with Gasteiger partial charge in [-0.3, -0.25) is 0 Å². The molecule has 0 aromatic heterocycles.